The molecule has 0 fully saturated rings. The molecule has 1 N–H and O–H groups in total. The maximum atomic E-state index is 5.03. The van der Waals surface area contributed by atoms with Crippen LogP contribution in [0.5, 0.6) is 0 Å². The van der Waals surface area contributed by atoms with Crippen molar-refractivity contribution in [1.29, 1.82) is 0 Å². The van der Waals surface area contributed by atoms with E-state index in [1.807, 2.05) is 0 Å². The smallest absolute Gasteiger partial charge is 0.0747 e. The van der Waals surface area contributed by atoms with Crippen LogP contribution < -0.4 is 5.32 Å². The Bertz CT molecular complexity index is 117. The largest absolute Gasteiger partial charge is 0.383 e. The van der Waals surface area contributed by atoms with Gasteiger partial charge in [-0.3, -0.25) is 0 Å². The maximum absolute atomic E-state index is 5.03. The third-order valence-electron chi connectivity index (χ3n) is 1.14. The predicted octanol–water partition coefficient (Wildman–Crippen LogP) is 2.19. The molecule has 0 rings (SSSR count). The Morgan fingerprint density at radius 3 is 2.20 bits per heavy atom. The highest BCUT2D eigenvalue weighted by Gasteiger charge is 2.11. The molecule has 0 radical (unpaired) electrons. The van der Waals surface area contributed by atoms with Crippen LogP contribution in [0.15, 0.2) is 0 Å². The first-order valence-electron chi connectivity index (χ1n) is 3.72. The summed E-state index contributed by atoms with van der Waals surface area (Å²) in [6, 6.07) is 0. The van der Waals surface area contributed by atoms with Crippen LogP contribution >= 0.6 is 12.2 Å². The Hall–Kier alpha value is 0.107. The molecular weight excluding hydrogens is 158 g/mol. The topological polar surface area (TPSA) is 12.0 Å². The fourth-order valence-corrected chi connectivity index (χ4v) is 1.43. The van der Waals surface area contributed by atoms with E-state index in [1.165, 1.54) is 0 Å². The summed E-state index contributed by atoms with van der Waals surface area (Å²) in [7, 11) is -0.935. The zero-order chi connectivity index (χ0) is 8.20. The van der Waals surface area contributed by atoms with Crippen molar-refractivity contribution in [2.75, 3.05) is 6.17 Å². The van der Waals surface area contributed by atoms with Crippen LogP contribution in [0.1, 0.15) is 13.3 Å². The Labute approximate surface area is 70.2 Å². The van der Waals surface area contributed by atoms with Crippen molar-refractivity contribution in [3.05, 3.63) is 0 Å². The van der Waals surface area contributed by atoms with E-state index in [1.54, 1.807) is 0 Å². The molecule has 0 saturated carbocycles. The van der Waals surface area contributed by atoms with Gasteiger partial charge in [0.2, 0.25) is 0 Å². The normalized spacial score (nSPS) is 11.2. The van der Waals surface area contributed by atoms with E-state index in [2.05, 4.69) is 31.9 Å². The molecule has 60 valence electrons. The maximum Gasteiger partial charge on any atom is 0.0747 e. The molecule has 0 unspecified atom stereocenters. The lowest BCUT2D eigenvalue weighted by molar-refractivity contribution is 1.05. The van der Waals surface area contributed by atoms with Crippen LogP contribution in [0, 0.1) is 0 Å². The van der Waals surface area contributed by atoms with Gasteiger partial charge in [-0.15, -0.1) is 0 Å². The average molecular weight is 175 g/mol. The van der Waals surface area contributed by atoms with Gasteiger partial charge >= 0.3 is 0 Å². The summed E-state index contributed by atoms with van der Waals surface area (Å²) in [6.45, 7) is 9.08. The van der Waals surface area contributed by atoms with Crippen molar-refractivity contribution in [3.63, 3.8) is 0 Å². The fraction of sp³-hybridized carbons (Fsp3) is 0.857. The standard InChI is InChI=1S/C7H17NSSi/c1-5-7(9)8-6-10(2,3)4/h5-6H2,1-4H3,(H,8,9). The molecule has 0 aliphatic carbocycles. The lowest BCUT2D eigenvalue weighted by atomic mass is 10.5. The van der Waals surface area contributed by atoms with E-state index in [9.17, 15) is 0 Å². The quantitative estimate of drug-likeness (QED) is 0.521. The Morgan fingerprint density at radius 1 is 1.40 bits per heavy atom. The van der Waals surface area contributed by atoms with Crippen molar-refractivity contribution in [2.45, 2.75) is 33.0 Å². The van der Waals surface area contributed by atoms with Gasteiger partial charge in [0, 0.05) is 6.17 Å². The van der Waals surface area contributed by atoms with Gasteiger partial charge in [-0.25, -0.2) is 0 Å². The highest BCUT2D eigenvalue weighted by Crippen LogP contribution is 1.97. The second kappa shape index (κ2) is 4.08. The first kappa shape index (κ1) is 10.1. The molecule has 0 aromatic rings. The molecule has 0 aliphatic heterocycles. The van der Waals surface area contributed by atoms with Crippen LogP contribution in [-0.2, 0) is 0 Å². The third kappa shape index (κ3) is 6.23. The predicted molar refractivity (Wildman–Crippen MR) is 54.2 cm³/mol. The molecule has 0 amide bonds. The van der Waals surface area contributed by atoms with Crippen molar-refractivity contribution in [3.8, 4) is 0 Å². The summed E-state index contributed by atoms with van der Waals surface area (Å²) >= 11 is 5.03. The monoisotopic (exact) mass is 175 g/mol. The van der Waals surface area contributed by atoms with Crippen molar-refractivity contribution >= 4 is 25.3 Å². The number of nitrogens with one attached hydrogen (secondary N) is 1. The SMILES string of the molecule is CCC(=S)NC[Si](C)(C)C. The highest BCUT2D eigenvalue weighted by atomic mass is 32.1. The lowest BCUT2D eigenvalue weighted by Crippen LogP contribution is -2.38. The third-order valence-corrected chi connectivity index (χ3v) is 2.81. The summed E-state index contributed by atoms with van der Waals surface area (Å²) in [6.07, 6.45) is 2.08. The van der Waals surface area contributed by atoms with Crippen LogP contribution in [0.3, 0.4) is 0 Å². The second-order valence-corrected chi connectivity index (χ2v) is 9.66. The summed E-state index contributed by atoms with van der Waals surface area (Å²) in [4.78, 5) is 1.00. The first-order chi connectivity index (χ1) is 4.45. The van der Waals surface area contributed by atoms with Gasteiger partial charge < -0.3 is 5.32 Å². The Morgan fingerprint density at radius 2 is 1.90 bits per heavy atom. The van der Waals surface area contributed by atoms with E-state index in [0.717, 1.165) is 17.6 Å². The van der Waals surface area contributed by atoms with Crippen molar-refractivity contribution in [2.24, 2.45) is 0 Å². The molecule has 1 nitrogen and oxygen atoms in total. The zero-order valence-corrected chi connectivity index (χ0v) is 9.14. The molecular formula is C7H17NSSi. The minimum atomic E-state index is -0.935. The molecule has 0 aromatic heterocycles. The summed E-state index contributed by atoms with van der Waals surface area (Å²) < 4.78 is 0. The van der Waals surface area contributed by atoms with Gasteiger partial charge in [-0.1, -0.05) is 38.8 Å². The van der Waals surface area contributed by atoms with Crippen LogP contribution in [0.4, 0.5) is 0 Å². The number of hydrogen-bond donors (Lipinski definition) is 1. The van der Waals surface area contributed by atoms with Gasteiger partial charge in [-0.05, 0) is 6.42 Å². The molecule has 0 heterocycles. The first-order valence-corrected chi connectivity index (χ1v) is 7.84. The summed E-state index contributed by atoms with van der Waals surface area (Å²) in [5, 5.41) is 3.27. The summed E-state index contributed by atoms with van der Waals surface area (Å²) in [5.41, 5.74) is 0. The molecule has 0 aromatic carbocycles. The van der Waals surface area contributed by atoms with Crippen LogP contribution in [0.25, 0.3) is 0 Å². The highest BCUT2D eigenvalue weighted by molar-refractivity contribution is 7.80. The van der Waals surface area contributed by atoms with Gasteiger partial charge in [0.15, 0.2) is 0 Å². The zero-order valence-electron chi connectivity index (χ0n) is 7.32. The van der Waals surface area contributed by atoms with E-state index in [0.29, 0.717) is 0 Å². The van der Waals surface area contributed by atoms with Gasteiger partial charge in [0.05, 0.1) is 13.1 Å². The number of rotatable bonds is 3. The van der Waals surface area contributed by atoms with Gasteiger partial charge in [0.1, 0.15) is 0 Å². The summed E-state index contributed by atoms with van der Waals surface area (Å²) in [5.74, 6) is 0. The lowest BCUT2D eigenvalue weighted by Gasteiger charge is -2.17. The van der Waals surface area contributed by atoms with Crippen LogP contribution in [-0.4, -0.2) is 19.2 Å². The van der Waals surface area contributed by atoms with Gasteiger partial charge in [0.25, 0.3) is 0 Å². The molecule has 0 spiro atoms. The number of thiocarbonyl (C=S) groups is 1. The molecule has 3 heteroatoms. The van der Waals surface area contributed by atoms with E-state index in [-0.39, 0.29) is 0 Å². The second-order valence-electron chi connectivity index (χ2n) is 3.69. The van der Waals surface area contributed by atoms with Crippen molar-refractivity contribution < 1.29 is 0 Å². The number of hydrogen-bond acceptors (Lipinski definition) is 1. The average Bonchev–Trinajstić information content (AvgIpc) is 1.81. The van der Waals surface area contributed by atoms with Crippen LogP contribution in [0.2, 0.25) is 19.6 Å². The minimum Gasteiger partial charge on any atom is -0.383 e. The fourth-order valence-electron chi connectivity index (χ4n) is 0.489. The van der Waals surface area contributed by atoms with E-state index in [4.69, 9.17) is 12.2 Å². The van der Waals surface area contributed by atoms with Crippen molar-refractivity contribution in [1.82, 2.24) is 5.32 Å². The van der Waals surface area contributed by atoms with E-state index < -0.39 is 8.07 Å². The molecule has 10 heavy (non-hydrogen) atoms. The molecule has 0 atom stereocenters. The Kier molecular flexibility index (Phi) is 4.13. The molecule has 0 saturated heterocycles. The minimum absolute atomic E-state index is 0.935. The molecule has 0 aliphatic rings. The Balaban J connectivity index is 3.46. The molecule has 0 bridgehead atoms. The van der Waals surface area contributed by atoms with E-state index >= 15 is 0 Å². The van der Waals surface area contributed by atoms with Gasteiger partial charge in [-0.2, -0.15) is 0 Å².